The number of hydrogen-bond donors (Lipinski definition) is 0. The van der Waals surface area contributed by atoms with Crippen LogP contribution in [0.25, 0.3) is 11.3 Å². The Labute approximate surface area is 130 Å². The molecule has 2 aromatic rings. The number of aromatic nitrogens is 1. The van der Waals surface area contributed by atoms with E-state index in [0.717, 1.165) is 17.7 Å². The fourth-order valence-corrected chi connectivity index (χ4v) is 2.52. The molecule has 1 heterocycles. The minimum Gasteiger partial charge on any atom is -0.496 e. The maximum atomic E-state index is 12.7. The van der Waals surface area contributed by atoms with Gasteiger partial charge in [0.1, 0.15) is 5.75 Å². The van der Waals surface area contributed by atoms with E-state index in [2.05, 4.69) is 0 Å². The second-order valence-corrected chi connectivity index (χ2v) is 5.32. The molecule has 0 amide bonds. The molecule has 4 nitrogen and oxygen atoms in total. The molecule has 2 rings (SSSR count). The number of hydrogen-bond acceptors (Lipinski definition) is 3. The third-order valence-corrected chi connectivity index (χ3v) is 3.91. The van der Waals surface area contributed by atoms with E-state index in [9.17, 15) is 9.59 Å². The molecule has 0 fully saturated rings. The number of carbonyl (C=O) groups is 1. The summed E-state index contributed by atoms with van der Waals surface area (Å²) in [6, 6.07) is 11.0. The monoisotopic (exact) mass is 299 g/mol. The zero-order valence-corrected chi connectivity index (χ0v) is 13.4. The Kier molecular flexibility index (Phi) is 4.81. The highest BCUT2D eigenvalue weighted by Crippen LogP contribution is 2.30. The van der Waals surface area contributed by atoms with Gasteiger partial charge in [0.25, 0.3) is 5.56 Å². The van der Waals surface area contributed by atoms with Crippen LogP contribution in [-0.4, -0.2) is 17.5 Å². The van der Waals surface area contributed by atoms with Gasteiger partial charge < -0.3 is 9.30 Å². The first-order chi connectivity index (χ1) is 10.5. The van der Waals surface area contributed by atoms with Crippen LogP contribution in [0.4, 0.5) is 0 Å². The molecule has 0 aliphatic rings. The molecule has 22 heavy (non-hydrogen) atoms. The molecule has 0 aliphatic carbocycles. The molecule has 0 aliphatic heterocycles. The highest BCUT2D eigenvalue weighted by molar-refractivity contribution is 5.94. The van der Waals surface area contributed by atoms with Gasteiger partial charge in [-0.2, -0.15) is 0 Å². The van der Waals surface area contributed by atoms with E-state index in [4.69, 9.17) is 4.74 Å². The van der Waals surface area contributed by atoms with Crippen LogP contribution in [0.1, 0.15) is 43.6 Å². The maximum Gasteiger partial charge on any atom is 0.262 e. The largest absolute Gasteiger partial charge is 0.496 e. The minimum atomic E-state index is -0.245. The average Bonchev–Trinajstić information content (AvgIpc) is 2.53. The summed E-state index contributed by atoms with van der Waals surface area (Å²) in [5, 5.41) is 0. The summed E-state index contributed by atoms with van der Waals surface area (Å²) in [7, 11) is 1.61. The summed E-state index contributed by atoms with van der Waals surface area (Å²) >= 11 is 0. The van der Waals surface area contributed by atoms with Crippen LogP contribution >= 0.6 is 0 Å². The van der Waals surface area contributed by atoms with Crippen molar-refractivity contribution in [2.45, 2.75) is 33.2 Å². The van der Waals surface area contributed by atoms with Crippen LogP contribution < -0.4 is 10.3 Å². The number of ketones is 1. The lowest BCUT2D eigenvalue weighted by atomic mass is 10.1. The summed E-state index contributed by atoms with van der Waals surface area (Å²) in [5.41, 5.74) is 1.59. The van der Waals surface area contributed by atoms with Crippen LogP contribution in [-0.2, 0) is 0 Å². The van der Waals surface area contributed by atoms with E-state index in [1.807, 2.05) is 44.2 Å². The maximum absolute atomic E-state index is 12.7. The standard InChI is InChI=1S/C18H21NO3/c1-5-12(2)19-16(11-10-14(13(3)20)18(19)21)15-8-6-7-9-17(15)22-4/h6-12H,5H2,1-4H3. The van der Waals surface area contributed by atoms with Crippen molar-refractivity contribution in [1.82, 2.24) is 4.57 Å². The van der Waals surface area contributed by atoms with Crippen molar-refractivity contribution in [1.29, 1.82) is 0 Å². The molecule has 1 unspecified atom stereocenters. The Morgan fingerprint density at radius 2 is 1.91 bits per heavy atom. The molecule has 1 aromatic heterocycles. The van der Waals surface area contributed by atoms with Gasteiger partial charge in [0.15, 0.2) is 5.78 Å². The third-order valence-electron chi connectivity index (χ3n) is 3.91. The molecule has 0 spiro atoms. The highest BCUT2D eigenvalue weighted by atomic mass is 16.5. The van der Waals surface area contributed by atoms with Crippen LogP contribution in [0.2, 0.25) is 0 Å². The van der Waals surface area contributed by atoms with E-state index in [1.54, 1.807) is 17.7 Å². The number of nitrogens with zero attached hydrogens (tertiary/aromatic N) is 1. The number of Topliss-reactive ketones (excluding diaryl/α,β-unsaturated/α-hetero) is 1. The first kappa shape index (κ1) is 16.0. The predicted molar refractivity (Wildman–Crippen MR) is 87.7 cm³/mol. The Balaban J connectivity index is 2.79. The molecule has 116 valence electrons. The second kappa shape index (κ2) is 6.60. The molecule has 4 heteroatoms. The summed E-state index contributed by atoms with van der Waals surface area (Å²) < 4.78 is 7.09. The Morgan fingerprint density at radius 1 is 1.23 bits per heavy atom. The lowest BCUT2D eigenvalue weighted by molar-refractivity contribution is 0.101. The third kappa shape index (κ3) is 2.82. The Hall–Kier alpha value is -2.36. The normalized spacial score (nSPS) is 12.0. The van der Waals surface area contributed by atoms with Gasteiger partial charge in [0, 0.05) is 11.6 Å². The fourth-order valence-electron chi connectivity index (χ4n) is 2.52. The van der Waals surface area contributed by atoms with Gasteiger partial charge in [-0.25, -0.2) is 0 Å². The number of carbonyl (C=O) groups excluding carboxylic acids is 1. The summed E-state index contributed by atoms with van der Waals surface area (Å²) in [6.07, 6.45) is 0.795. The molecule has 0 radical (unpaired) electrons. The summed E-state index contributed by atoms with van der Waals surface area (Å²) in [4.78, 5) is 24.4. The highest BCUT2D eigenvalue weighted by Gasteiger charge is 2.18. The molecular formula is C18H21NO3. The van der Waals surface area contributed by atoms with Crippen molar-refractivity contribution in [3.05, 3.63) is 52.3 Å². The predicted octanol–water partition coefficient (Wildman–Crippen LogP) is 3.70. The minimum absolute atomic E-state index is 0.00767. The first-order valence-electron chi connectivity index (χ1n) is 7.41. The van der Waals surface area contributed by atoms with Gasteiger partial charge in [-0.05, 0) is 44.5 Å². The van der Waals surface area contributed by atoms with Gasteiger partial charge in [0.2, 0.25) is 0 Å². The second-order valence-electron chi connectivity index (χ2n) is 5.32. The number of para-hydroxylation sites is 1. The van der Waals surface area contributed by atoms with Crippen molar-refractivity contribution in [3.63, 3.8) is 0 Å². The van der Waals surface area contributed by atoms with Gasteiger partial charge in [-0.3, -0.25) is 9.59 Å². The van der Waals surface area contributed by atoms with Crippen LogP contribution in [0, 0.1) is 0 Å². The number of benzene rings is 1. The molecule has 1 atom stereocenters. The number of pyridine rings is 1. The van der Waals surface area contributed by atoms with Crippen LogP contribution in [0.3, 0.4) is 0 Å². The SMILES string of the molecule is CCC(C)n1c(-c2ccccc2OC)ccc(C(C)=O)c1=O. The fraction of sp³-hybridized carbons (Fsp3) is 0.333. The lowest BCUT2D eigenvalue weighted by Crippen LogP contribution is -2.29. The number of rotatable bonds is 5. The zero-order chi connectivity index (χ0) is 16.3. The quantitative estimate of drug-likeness (QED) is 0.791. The van der Waals surface area contributed by atoms with Crippen LogP contribution in [0.15, 0.2) is 41.2 Å². The van der Waals surface area contributed by atoms with Crippen molar-refractivity contribution in [2.24, 2.45) is 0 Å². The van der Waals surface area contributed by atoms with Gasteiger partial charge >= 0.3 is 0 Å². The molecule has 0 saturated carbocycles. The van der Waals surface area contributed by atoms with Crippen LogP contribution in [0.5, 0.6) is 5.75 Å². The van der Waals surface area contributed by atoms with Gasteiger partial charge in [-0.1, -0.05) is 19.1 Å². The van der Waals surface area contributed by atoms with E-state index >= 15 is 0 Å². The molecular weight excluding hydrogens is 278 g/mol. The summed E-state index contributed by atoms with van der Waals surface area (Å²) in [5.74, 6) is 0.489. The van der Waals surface area contributed by atoms with Crippen molar-refractivity contribution >= 4 is 5.78 Å². The molecule has 1 aromatic carbocycles. The first-order valence-corrected chi connectivity index (χ1v) is 7.41. The van der Waals surface area contributed by atoms with Crippen molar-refractivity contribution < 1.29 is 9.53 Å². The van der Waals surface area contributed by atoms with Crippen molar-refractivity contribution in [3.8, 4) is 17.0 Å². The lowest BCUT2D eigenvalue weighted by Gasteiger charge is -2.20. The summed E-state index contributed by atoms with van der Waals surface area (Å²) in [6.45, 7) is 5.41. The molecule has 0 saturated heterocycles. The van der Waals surface area contributed by atoms with E-state index in [-0.39, 0.29) is 22.9 Å². The molecule has 0 bridgehead atoms. The van der Waals surface area contributed by atoms with E-state index in [0.29, 0.717) is 5.75 Å². The van der Waals surface area contributed by atoms with E-state index in [1.165, 1.54) is 6.92 Å². The van der Waals surface area contributed by atoms with Crippen molar-refractivity contribution in [2.75, 3.05) is 7.11 Å². The Bertz CT molecular complexity index is 746. The van der Waals surface area contributed by atoms with Gasteiger partial charge in [0.05, 0.1) is 18.4 Å². The number of ether oxygens (including phenoxy) is 1. The Morgan fingerprint density at radius 3 is 2.50 bits per heavy atom. The molecule has 0 N–H and O–H groups in total. The average molecular weight is 299 g/mol. The smallest absolute Gasteiger partial charge is 0.262 e. The van der Waals surface area contributed by atoms with E-state index < -0.39 is 0 Å². The number of methoxy groups -OCH3 is 1. The van der Waals surface area contributed by atoms with Gasteiger partial charge in [-0.15, -0.1) is 0 Å². The zero-order valence-electron chi connectivity index (χ0n) is 13.4. The topological polar surface area (TPSA) is 48.3 Å².